The molecule has 2 saturated heterocycles. The minimum atomic E-state index is -0.105. The maximum absolute atomic E-state index is 12.7. The molecule has 2 aromatic rings. The minimum absolute atomic E-state index is 0.0682. The summed E-state index contributed by atoms with van der Waals surface area (Å²) in [5.74, 6) is 0.233. The third-order valence-electron chi connectivity index (χ3n) is 5.41. The van der Waals surface area contributed by atoms with E-state index in [9.17, 15) is 9.59 Å². The second kappa shape index (κ2) is 6.03. The van der Waals surface area contributed by atoms with Gasteiger partial charge in [-0.05, 0) is 37.6 Å². The van der Waals surface area contributed by atoms with E-state index in [1.54, 1.807) is 0 Å². The molecule has 128 valence electrons. The van der Waals surface area contributed by atoms with Crippen molar-refractivity contribution in [3.05, 3.63) is 65.7 Å². The molecule has 0 aromatic heterocycles. The van der Waals surface area contributed by atoms with Gasteiger partial charge in [-0.2, -0.15) is 0 Å². The van der Waals surface area contributed by atoms with Gasteiger partial charge in [0.2, 0.25) is 5.91 Å². The first-order valence-electron chi connectivity index (χ1n) is 8.78. The Kier molecular flexibility index (Phi) is 3.83. The lowest BCUT2D eigenvalue weighted by Gasteiger charge is -2.24. The monoisotopic (exact) mass is 334 g/mol. The minimum Gasteiger partial charge on any atom is -0.338 e. The first-order chi connectivity index (χ1) is 12.1. The molecule has 0 aliphatic carbocycles. The van der Waals surface area contributed by atoms with Crippen LogP contribution in [0.15, 0.2) is 54.6 Å². The summed E-state index contributed by atoms with van der Waals surface area (Å²) in [6.45, 7) is 4.13. The van der Waals surface area contributed by atoms with E-state index in [0.717, 1.165) is 24.2 Å². The Bertz CT molecular complexity index is 800. The van der Waals surface area contributed by atoms with Gasteiger partial charge < -0.3 is 9.80 Å². The van der Waals surface area contributed by atoms with E-state index >= 15 is 0 Å². The average Bonchev–Trinajstić information content (AvgIpc) is 3.19. The summed E-state index contributed by atoms with van der Waals surface area (Å²) < 4.78 is 0. The summed E-state index contributed by atoms with van der Waals surface area (Å²) in [6, 6.07) is 17.5. The van der Waals surface area contributed by atoms with Gasteiger partial charge in [-0.25, -0.2) is 0 Å². The summed E-state index contributed by atoms with van der Waals surface area (Å²) >= 11 is 0. The molecule has 1 atom stereocenters. The van der Waals surface area contributed by atoms with Gasteiger partial charge in [0.05, 0.1) is 0 Å². The van der Waals surface area contributed by atoms with Crippen molar-refractivity contribution in [2.45, 2.75) is 19.8 Å². The van der Waals surface area contributed by atoms with Gasteiger partial charge in [0.25, 0.3) is 5.91 Å². The highest BCUT2D eigenvalue weighted by Gasteiger charge is 2.48. The molecular formula is C21H22N2O2. The van der Waals surface area contributed by atoms with Crippen molar-refractivity contribution >= 4 is 17.5 Å². The molecule has 0 unspecified atom stereocenters. The molecule has 4 heteroatoms. The van der Waals surface area contributed by atoms with Crippen molar-refractivity contribution in [3.8, 4) is 0 Å². The highest BCUT2D eigenvalue weighted by molar-refractivity contribution is 5.97. The van der Waals surface area contributed by atoms with Crippen LogP contribution in [0.1, 0.15) is 28.8 Å². The first-order valence-corrected chi connectivity index (χ1v) is 8.78. The molecule has 1 spiro atoms. The number of nitrogens with zero attached hydrogens (tertiary/aromatic N) is 2. The number of benzene rings is 2. The fourth-order valence-electron chi connectivity index (χ4n) is 4.00. The van der Waals surface area contributed by atoms with Crippen molar-refractivity contribution in [2.24, 2.45) is 5.41 Å². The second-order valence-electron chi connectivity index (χ2n) is 7.33. The van der Waals surface area contributed by atoms with Crippen LogP contribution in [0.5, 0.6) is 0 Å². The van der Waals surface area contributed by atoms with E-state index in [1.165, 1.54) is 5.56 Å². The van der Waals surface area contributed by atoms with Crippen LogP contribution in [-0.2, 0) is 4.79 Å². The molecular weight excluding hydrogens is 312 g/mol. The fraction of sp³-hybridized carbons (Fsp3) is 0.333. The average molecular weight is 334 g/mol. The predicted octanol–water partition coefficient (Wildman–Crippen LogP) is 3.26. The van der Waals surface area contributed by atoms with Gasteiger partial charge in [-0.1, -0.05) is 35.9 Å². The summed E-state index contributed by atoms with van der Waals surface area (Å²) in [7, 11) is 0. The summed E-state index contributed by atoms with van der Waals surface area (Å²) in [5.41, 5.74) is 2.76. The Balaban J connectivity index is 1.50. The van der Waals surface area contributed by atoms with Crippen LogP contribution >= 0.6 is 0 Å². The fourth-order valence-corrected chi connectivity index (χ4v) is 4.00. The Morgan fingerprint density at radius 1 is 1.00 bits per heavy atom. The predicted molar refractivity (Wildman–Crippen MR) is 97.5 cm³/mol. The number of carbonyl (C=O) groups excluding carboxylic acids is 2. The topological polar surface area (TPSA) is 40.6 Å². The Labute approximate surface area is 148 Å². The van der Waals surface area contributed by atoms with E-state index < -0.39 is 0 Å². The van der Waals surface area contributed by atoms with Crippen LogP contribution in [-0.4, -0.2) is 36.3 Å². The SMILES string of the molecule is Cc1ccc(N2C[C@]3(CCN(C(=O)c4ccccc4)C3)CC2=O)cc1. The van der Waals surface area contributed by atoms with E-state index in [1.807, 2.05) is 71.3 Å². The number of carbonyl (C=O) groups is 2. The number of anilines is 1. The number of aryl methyl sites for hydroxylation is 1. The van der Waals surface area contributed by atoms with Crippen LogP contribution in [0.4, 0.5) is 5.69 Å². The normalized spacial score (nSPS) is 22.8. The molecule has 2 aliphatic heterocycles. The second-order valence-corrected chi connectivity index (χ2v) is 7.33. The summed E-state index contributed by atoms with van der Waals surface area (Å²) in [5, 5.41) is 0. The Hall–Kier alpha value is -2.62. The molecule has 0 bridgehead atoms. The first kappa shape index (κ1) is 15.9. The smallest absolute Gasteiger partial charge is 0.253 e. The molecule has 2 aliphatic rings. The largest absolute Gasteiger partial charge is 0.338 e. The lowest BCUT2D eigenvalue weighted by molar-refractivity contribution is -0.117. The van der Waals surface area contributed by atoms with Crippen molar-refractivity contribution < 1.29 is 9.59 Å². The van der Waals surface area contributed by atoms with E-state index in [-0.39, 0.29) is 17.2 Å². The van der Waals surface area contributed by atoms with Crippen LogP contribution in [0.25, 0.3) is 0 Å². The van der Waals surface area contributed by atoms with Crippen molar-refractivity contribution in [1.29, 1.82) is 0 Å². The zero-order chi connectivity index (χ0) is 17.4. The zero-order valence-electron chi connectivity index (χ0n) is 14.4. The van der Waals surface area contributed by atoms with Crippen LogP contribution in [0.3, 0.4) is 0 Å². The van der Waals surface area contributed by atoms with Crippen LogP contribution < -0.4 is 4.90 Å². The quantitative estimate of drug-likeness (QED) is 0.846. The van der Waals surface area contributed by atoms with E-state index in [2.05, 4.69) is 0 Å². The maximum atomic E-state index is 12.7. The van der Waals surface area contributed by atoms with Gasteiger partial charge in [0.15, 0.2) is 0 Å². The van der Waals surface area contributed by atoms with Gasteiger partial charge in [-0.3, -0.25) is 9.59 Å². The van der Waals surface area contributed by atoms with Crippen molar-refractivity contribution in [3.63, 3.8) is 0 Å². The molecule has 0 N–H and O–H groups in total. The third-order valence-corrected chi connectivity index (χ3v) is 5.41. The van der Waals surface area contributed by atoms with E-state index in [4.69, 9.17) is 0 Å². The number of amides is 2. The lowest BCUT2D eigenvalue weighted by atomic mass is 9.86. The molecule has 4 nitrogen and oxygen atoms in total. The molecule has 25 heavy (non-hydrogen) atoms. The van der Waals surface area contributed by atoms with Gasteiger partial charge in [0.1, 0.15) is 0 Å². The summed E-state index contributed by atoms with van der Waals surface area (Å²) in [6.07, 6.45) is 1.42. The highest BCUT2D eigenvalue weighted by atomic mass is 16.2. The Morgan fingerprint density at radius 2 is 1.72 bits per heavy atom. The molecule has 2 fully saturated rings. The molecule has 2 aromatic carbocycles. The highest BCUT2D eigenvalue weighted by Crippen LogP contribution is 2.42. The number of hydrogen-bond donors (Lipinski definition) is 0. The molecule has 0 saturated carbocycles. The number of hydrogen-bond acceptors (Lipinski definition) is 2. The third kappa shape index (κ3) is 2.93. The van der Waals surface area contributed by atoms with Gasteiger partial charge >= 0.3 is 0 Å². The van der Waals surface area contributed by atoms with Crippen LogP contribution in [0.2, 0.25) is 0 Å². The van der Waals surface area contributed by atoms with Crippen molar-refractivity contribution in [2.75, 3.05) is 24.5 Å². The van der Waals surface area contributed by atoms with E-state index in [0.29, 0.717) is 19.5 Å². The van der Waals surface area contributed by atoms with Crippen molar-refractivity contribution in [1.82, 2.24) is 4.90 Å². The zero-order valence-corrected chi connectivity index (χ0v) is 14.4. The van der Waals surface area contributed by atoms with Crippen LogP contribution in [0, 0.1) is 12.3 Å². The summed E-state index contributed by atoms with van der Waals surface area (Å²) in [4.78, 5) is 29.1. The van der Waals surface area contributed by atoms with Gasteiger partial charge in [0, 0.05) is 42.7 Å². The number of rotatable bonds is 2. The standard InChI is InChI=1S/C21H22N2O2/c1-16-7-9-18(10-8-16)23-15-21(13-19(23)24)11-12-22(14-21)20(25)17-5-3-2-4-6-17/h2-10H,11-15H2,1H3/t21-/m1/s1. The van der Waals surface area contributed by atoms with Gasteiger partial charge in [-0.15, -0.1) is 0 Å². The molecule has 2 heterocycles. The maximum Gasteiger partial charge on any atom is 0.253 e. The molecule has 2 amide bonds. The lowest BCUT2D eigenvalue weighted by Crippen LogP contribution is -2.34. The number of likely N-dealkylation sites (tertiary alicyclic amines) is 1. The molecule has 0 radical (unpaired) electrons. The Morgan fingerprint density at radius 3 is 2.44 bits per heavy atom. The molecule has 4 rings (SSSR count).